The van der Waals surface area contributed by atoms with Gasteiger partial charge in [0, 0.05) is 0 Å². The quantitative estimate of drug-likeness (QED) is 0.712. The maximum Gasteiger partial charge on any atom is 0.123 e. The first kappa shape index (κ1) is 11.2. The molecular formula is C12H18FN. The summed E-state index contributed by atoms with van der Waals surface area (Å²) in [5, 5.41) is 3.33. The summed E-state index contributed by atoms with van der Waals surface area (Å²) in [5.41, 5.74) is 1.06. The van der Waals surface area contributed by atoms with Crippen molar-refractivity contribution in [3.63, 3.8) is 0 Å². The number of hydrogen-bond donors (Lipinski definition) is 1. The highest BCUT2D eigenvalue weighted by Gasteiger charge is 1.96. The van der Waals surface area contributed by atoms with Crippen LogP contribution in [0.25, 0.3) is 0 Å². The lowest BCUT2D eigenvalue weighted by Crippen LogP contribution is -2.22. The van der Waals surface area contributed by atoms with Crippen molar-refractivity contribution < 1.29 is 4.39 Å². The van der Waals surface area contributed by atoms with E-state index in [1.165, 1.54) is 6.07 Å². The molecule has 1 aromatic carbocycles. The van der Waals surface area contributed by atoms with Crippen molar-refractivity contribution in [2.24, 2.45) is 5.92 Å². The highest BCUT2D eigenvalue weighted by atomic mass is 19.1. The first-order valence-electron chi connectivity index (χ1n) is 5.13. The maximum atomic E-state index is 12.8. The number of rotatable bonds is 5. The Hall–Kier alpha value is -0.890. The van der Waals surface area contributed by atoms with Gasteiger partial charge in [-0.25, -0.2) is 4.39 Å². The van der Waals surface area contributed by atoms with Crippen molar-refractivity contribution in [1.29, 1.82) is 0 Å². The van der Waals surface area contributed by atoms with Crippen LogP contribution in [-0.4, -0.2) is 13.1 Å². The van der Waals surface area contributed by atoms with E-state index in [2.05, 4.69) is 19.2 Å². The SMILES string of the molecule is CC(C)CNCCc1cccc(F)c1. The monoisotopic (exact) mass is 195 g/mol. The summed E-state index contributed by atoms with van der Waals surface area (Å²) < 4.78 is 12.8. The summed E-state index contributed by atoms with van der Waals surface area (Å²) in [5.74, 6) is 0.522. The van der Waals surface area contributed by atoms with Gasteiger partial charge in [-0.2, -0.15) is 0 Å². The molecular weight excluding hydrogens is 177 g/mol. The minimum atomic E-state index is -0.147. The van der Waals surface area contributed by atoms with E-state index in [1.54, 1.807) is 12.1 Å². The molecule has 0 spiro atoms. The largest absolute Gasteiger partial charge is 0.316 e. The van der Waals surface area contributed by atoms with Crippen LogP contribution in [0.15, 0.2) is 24.3 Å². The number of halogens is 1. The molecule has 0 saturated carbocycles. The van der Waals surface area contributed by atoms with Crippen LogP contribution >= 0.6 is 0 Å². The smallest absolute Gasteiger partial charge is 0.123 e. The van der Waals surface area contributed by atoms with Crippen molar-refractivity contribution >= 4 is 0 Å². The molecule has 1 aromatic rings. The Bertz CT molecular complexity index is 271. The van der Waals surface area contributed by atoms with Crippen LogP contribution in [0, 0.1) is 11.7 Å². The van der Waals surface area contributed by atoms with E-state index in [4.69, 9.17) is 0 Å². The van der Waals surface area contributed by atoms with E-state index in [0.717, 1.165) is 25.1 Å². The molecule has 0 unspecified atom stereocenters. The van der Waals surface area contributed by atoms with E-state index in [9.17, 15) is 4.39 Å². The summed E-state index contributed by atoms with van der Waals surface area (Å²) in [7, 11) is 0. The molecule has 0 amide bonds. The second-order valence-corrected chi connectivity index (χ2v) is 3.98. The Kier molecular flexibility index (Phi) is 4.60. The minimum absolute atomic E-state index is 0.147. The molecule has 0 atom stereocenters. The van der Waals surface area contributed by atoms with E-state index < -0.39 is 0 Å². The van der Waals surface area contributed by atoms with Crippen molar-refractivity contribution in [2.75, 3.05) is 13.1 Å². The van der Waals surface area contributed by atoms with Gasteiger partial charge < -0.3 is 5.32 Å². The molecule has 0 aromatic heterocycles. The predicted octanol–water partition coefficient (Wildman–Crippen LogP) is 2.61. The molecule has 2 heteroatoms. The third-order valence-electron chi connectivity index (χ3n) is 2.03. The highest BCUT2D eigenvalue weighted by Crippen LogP contribution is 2.03. The van der Waals surface area contributed by atoms with E-state index in [0.29, 0.717) is 5.92 Å². The average Bonchev–Trinajstić information content (AvgIpc) is 2.12. The lowest BCUT2D eigenvalue weighted by atomic mass is 10.1. The van der Waals surface area contributed by atoms with Crippen LogP contribution in [0.2, 0.25) is 0 Å². The lowest BCUT2D eigenvalue weighted by molar-refractivity contribution is 0.553. The van der Waals surface area contributed by atoms with Crippen LogP contribution in [0.4, 0.5) is 4.39 Å². The highest BCUT2D eigenvalue weighted by molar-refractivity contribution is 5.16. The third kappa shape index (κ3) is 4.38. The summed E-state index contributed by atoms with van der Waals surface area (Å²) >= 11 is 0. The van der Waals surface area contributed by atoms with E-state index >= 15 is 0 Å². The van der Waals surface area contributed by atoms with Gasteiger partial charge in [0.15, 0.2) is 0 Å². The van der Waals surface area contributed by atoms with Gasteiger partial charge in [-0.1, -0.05) is 26.0 Å². The molecule has 14 heavy (non-hydrogen) atoms. The van der Waals surface area contributed by atoms with Gasteiger partial charge in [-0.15, -0.1) is 0 Å². The number of benzene rings is 1. The number of nitrogens with one attached hydrogen (secondary N) is 1. The van der Waals surface area contributed by atoms with Crippen LogP contribution in [0.1, 0.15) is 19.4 Å². The lowest BCUT2D eigenvalue weighted by Gasteiger charge is -2.07. The van der Waals surface area contributed by atoms with E-state index in [-0.39, 0.29) is 5.82 Å². The fraction of sp³-hybridized carbons (Fsp3) is 0.500. The van der Waals surface area contributed by atoms with Gasteiger partial charge in [-0.05, 0) is 43.1 Å². The Morgan fingerprint density at radius 3 is 2.79 bits per heavy atom. The molecule has 0 saturated heterocycles. The molecule has 1 rings (SSSR count). The second-order valence-electron chi connectivity index (χ2n) is 3.98. The summed E-state index contributed by atoms with van der Waals surface area (Å²) in [6.45, 7) is 6.29. The van der Waals surface area contributed by atoms with Gasteiger partial charge in [-0.3, -0.25) is 0 Å². The Labute approximate surface area is 85.3 Å². The topological polar surface area (TPSA) is 12.0 Å². The Morgan fingerprint density at radius 2 is 2.14 bits per heavy atom. The molecule has 0 bridgehead atoms. The molecule has 0 radical (unpaired) electrons. The van der Waals surface area contributed by atoms with Crippen molar-refractivity contribution in [3.8, 4) is 0 Å². The Morgan fingerprint density at radius 1 is 1.36 bits per heavy atom. The summed E-state index contributed by atoms with van der Waals surface area (Å²) in [6.07, 6.45) is 0.893. The summed E-state index contributed by atoms with van der Waals surface area (Å²) in [6, 6.07) is 6.79. The molecule has 0 aliphatic heterocycles. The zero-order chi connectivity index (χ0) is 10.4. The molecule has 78 valence electrons. The molecule has 0 aliphatic rings. The van der Waals surface area contributed by atoms with Gasteiger partial charge in [0.05, 0.1) is 0 Å². The van der Waals surface area contributed by atoms with Gasteiger partial charge >= 0.3 is 0 Å². The van der Waals surface area contributed by atoms with E-state index in [1.807, 2.05) is 6.07 Å². The van der Waals surface area contributed by atoms with Crippen molar-refractivity contribution in [2.45, 2.75) is 20.3 Å². The first-order chi connectivity index (χ1) is 6.68. The average molecular weight is 195 g/mol. The van der Waals surface area contributed by atoms with Crippen LogP contribution in [-0.2, 0) is 6.42 Å². The summed E-state index contributed by atoms with van der Waals surface area (Å²) in [4.78, 5) is 0. The zero-order valence-corrected chi connectivity index (χ0v) is 8.89. The second kappa shape index (κ2) is 5.76. The van der Waals surface area contributed by atoms with Crippen LogP contribution in [0.5, 0.6) is 0 Å². The minimum Gasteiger partial charge on any atom is -0.316 e. The molecule has 1 N–H and O–H groups in total. The van der Waals surface area contributed by atoms with Crippen molar-refractivity contribution in [3.05, 3.63) is 35.6 Å². The van der Waals surface area contributed by atoms with Gasteiger partial charge in [0.1, 0.15) is 5.82 Å². The molecule has 0 fully saturated rings. The molecule has 0 heterocycles. The first-order valence-corrected chi connectivity index (χ1v) is 5.13. The third-order valence-corrected chi connectivity index (χ3v) is 2.03. The number of hydrogen-bond acceptors (Lipinski definition) is 1. The zero-order valence-electron chi connectivity index (χ0n) is 8.89. The van der Waals surface area contributed by atoms with Gasteiger partial charge in [0.2, 0.25) is 0 Å². The van der Waals surface area contributed by atoms with Crippen LogP contribution in [0.3, 0.4) is 0 Å². The Balaban J connectivity index is 2.25. The predicted molar refractivity (Wildman–Crippen MR) is 57.8 cm³/mol. The molecule has 0 aliphatic carbocycles. The van der Waals surface area contributed by atoms with Crippen molar-refractivity contribution in [1.82, 2.24) is 5.32 Å². The maximum absolute atomic E-state index is 12.8. The van der Waals surface area contributed by atoms with Gasteiger partial charge in [0.25, 0.3) is 0 Å². The molecule has 1 nitrogen and oxygen atoms in total. The standard InChI is InChI=1S/C12H18FN/c1-10(2)9-14-7-6-11-4-3-5-12(13)8-11/h3-5,8,10,14H,6-7,9H2,1-2H3. The normalized spacial score (nSPS) is 10.9. The fourth-order valence-corrected chi connectivity index (χ4v) is 1.32. The fourth-order valence-electron chi connectivity index (χ4n) is 1.32. The van der Waals surface area contributed by atoms with Crippen LogP contribution < -0.4 is 5.32 Å².